The van der Waals surface area contributed by atoms with Gasteiger partial charge < -0.3 is 4.74 Å². The van der Waals surface area contributed by atoms with Gasteiger partial charge in [0, 0.05) is 11.5 Å². The Balaban J connectivity index is 1.83. The number of halogens is 3. The van der Waals surface area contributed by atoms with Crippen LogP contribution in [0.1, 0.15) is 0 Å². The molecule has 1 amide bonds. The minimum Gasteiger partial charge on any atom is -0.408 e. The zero-order valence-electron chi connectivity index (χ0n) is 11.6. The lowest BCUT2D eigenvalue weighted by Crippen LogP contribution is -2.17. The second-order valence-corrected chi connectivity index (χ2v) is 5.96. The van der Waals surface area contributed by atoms with Gasteiger partial charge in [0.2, 0.25) is 0 Å². The van der Waals surface area contributed by atoms with Crippen LogP contribution >= 0.6 is 34.8 Å². The molecule has 3 rings (SSSR count). The molecule has 0 saturated heterocycles. The van der Waals surface area contributed by atoms with Crippen molar-refractivity contribution in [3.63, 3.8) is 0 Å². The molecule has 116 valence electrons. The molecule has 0 spiro atoms. The molecule has 3 aromatic carbocycles. The number of amides is 1. The highest BCUT2D eigenvalue weighted by atomic mass is 35.5. The standard InChI is InChI=1S/C17H10Cl3NO2/c18-12-8-14(20)16(9-13(12)19)23-17(22)21-15-7-3-5-10-4-1-2-6-11(10)15/h1-9H,(H,21,22). The Hall–Kier alpha value is -1.94. The SMILES string of the molecule is O=C(Nc1cccc2ccccc12)Oc1cc(Cl)c(Cl)cc1Cl. The minimum atomic E-state index is -0.665. The molecule has 3 nitrogen and oxygen atoms in total. The van der Waals surface area contributed by atoms with Gasteiger partial charge in [0.1, 0.15) is 0 Å². The van der Waals surface area contributed by atoms with Gasteiger partial charge in [-0.15, -0.1) is 0 Å². The molecular formula is C17H10Cl3NO2. The van der Waals surface area contributed by atoms with Gasteiger partial charge >= 0.3 is 6.09 Å². The third-order valence-corrected chi connectivity index (χ3v) is 4.22. The fourth-order valence-corrected chi connectivity index (χ4v) is 2.73. The van der Waals surface area contributed by atoms with E-state index in [4.69, 9.17) is 39.5 Å². The van der Waals surface area contributed by atoms with E-state index in [1.165, 1.54) is 12.1 Å². The van der Waals surface area contributed by atoms with Crippen molar-refractivity contribution in [3.05, 3.63) is 69.7 Å². The summed E-state index contributed by atoms with van der Waals surface area (Å²) in [6.45, 7) is 0. The summed E-state index contributed by atoms with van der Waals surface area (Å²) in [7, 11) is 0. The second-order valence-electron chi connectivity index (χ2n) is 4.74. The Labute approximate surface area is 147 Å². The van der Waals surface area contributed by atoms with Gasteiger partial charge in [-0.05, 0) is 17.5 Å². The summed E-state index contributed by atoms with van der Waals surface area (Å²) in [6.07, 6.45) is -0.665. The predicted octanol–water partition coefficient (Wildman–Crippen LogP) is 6.41. The molecule has 6 heteroatoms. The van der Waals surface area contributed by atoms with Crippen molar-refractivity contribution in [2.24, 2.45) is 0 Å². The van der Waals surface area contributed by atoms with E-state index in [1.807, 2.05) is 36.4 Å². The molecule has 0 aliphatic heterocycles. The number of hydrogen-bond donors (Lipinski definition) is 1. The summed E-state index contributed by atoms with van der Waals surface area (Å²) in [5, 5.41) is 5.37. The number of nitrogens with one attached hydrogen (secondary N) is 1. The topological polar surface area (TPSA) is 38.3 Å². The van der Waals surface area contributed by atoms with Crippen molar-refractivity contribution in [1.29, 1.82) is 0 Å². The van der Waals surface area contributed by atoms with Crippen LogP contribution < -0.4 is 10.1 Å². The lowest BCUT2D eigenvalue weighted by molar-refractivity contribution is 0.215. The van der Waals surface area contributed by atoms with Crippen molar-refractivity contribution in [1.82, 2.24) is 0 Å². The van der Waals surface area contributed by atoms with Gasteiger partial charge in [-0.2, -0.15) is 0 Å². The number of rotatable bonds is 2. The summed E-state index contributed by atoms with van der Waals surface area (Å²) in [4.78, 5) is 12.1. The Morgan fingerprint density at radius 2 is 1.57 bits per heavy atom. The Morgan fingerprint density at radius 1 is 0.870 bits per heavy atom. The first-order valence-electron chi connectivity index (χ1n) is 6.66. The Kier molecular flexibility index (Phi) is 4.62. The van der Waals surface area contributed by atoms with E-state index in [2.05, 4.69) is 5.32 Å². The number of ether oxygens (including phenoxy) is 1. The molecule has 0 radical (unpaired) electrons. The van der Waals surface area contributed by atoms with Crippen molar-refractivity contribution in [2.75, 3.05) is 5.32 Å². The average Bonchev–Trinajstić information content (AvgIpc) is 2.53. The summed E-state index contributed by atoms with van der Waals surface area (Å²) in [6, 6.07) is 16.1. The van der Waals surface area contributed by atoms with Crippen molar-refractivity contribution in [2.45, 2.75) is 0 Å². The molecule has 23 heavy (non-hydrogen) atoms. The quantitative estimate of drug-likeness (QED) is 0.532. The molecule has 0 aromatic heterocycles. The maximum Gasteiger partial charge on any atom is 0.417 e. The van der Waals surface area contributed by atoms with Crippen LogP contribution in [0.2, 0.25) is 15.1 Å². The van der Waals surface area contributed by atoms with Gasteiger partial charge in [-0.1, -0.05) is 71.2 Å². The van der Waals surface area contributed by atoms with Crippen LogP contribution in [0.4, 0.5) is 10.5 Å². The zero-order chi connectivity index (χ0) is 16.4. The highest BCUT2D eigenvalue weighted by Gasteiger charge is 2.12. The van der Waals surface area contributed by atoms with E-state index in [9.17, 15) is 4.79 Å². The number of carbonyl (C=O) groups is 1. The molecule has 0 aliphatic carbocycles. The summed E-state index contributed by atoms with van der Waals surface area (Å²) in [5.41, 5.74) is 0.643. The lowest BCUT2D eigenvalue weighted by Gasteiger charge is -2.10. The highest BCUT2D eigenvalue weighted by molar-refractivity contribution is 6.43. The number of fused-ring (bicyclic) bond motifs is 1. The third kappa shape index (κ3) is 3.53. The Bertz CT molecular complexity index is 891. The number of benzene rings is 3. The van der Waals surface area contributed by atoms with Crippen LogP contribution in [-0.4, -0.2) is 6.09 Å². The molecule has 0 unspecified atom stereocenters. The third-order valence-electron chi connectivity index (χ3n) is 3.20. The van der Waals surface area contributed by atoms with E-state index >= 15 is 0 Å². The van der Waals surface area contributed by atoms with E-state index in [1.54, 1.807) is 6.07 Å². The van der Waals surface area contributed by atoms with Crippen LogP contribution in [0.3, 0.4) is 0 Å². The van der Waals surface area contributed by atoms with Crippen molar-refractivity contribution < 1.29 is 9.53 Å². The first-order chi connectivity index (χ1) is 11.0. The van der Waals surface area contributed by atoms with Crippen LogP contribution in [0.5, 0.6) is 5.75 Å². The molecular weight excluding hydrogens is 357 g/mol. The lowest BCUT2D eigenvalue weighted by atomic mass is 10.1. The van der Waals surface area contributed by atoms with E-state index in [-0.39, 0.29) is 15.8 Å². The molecule has 1 N–H and O–H groups in total. The molecule has 3 aromatic rings. The number of anilines is 1. The molecule has 0 fully saturated rings. The summed E-state index contributed by atoms with van der Waals surface area (Å²) < 4.78 is 5.21. The van der Waals surface area contributed by atoms with Gasteiger partial charge in [-0.3, -0.25) is 5.32 Å². The minimum absolute atomic E-state index is 0.138. The fraction of sp³-hybridized carbons (Fsp3) is 0. The molecule has 0 bridgehead atoms. The van der Waals surface area contributed by atoms with Gasteiger partial charge in [0.05, 0.1) is 20.8 Å². The van der Waals surface area contributed by atoms with E-state index in [0.717, 1.165) is 10.8 Å². The highest BCUT2D eigenvalue weighted by Crippen LogP contribution is 2.34. The number of hydrogen-bond acceptors (Lipinski definition) is 2. The van der Waals surface area contributed by atoms with Crippen LogP contribution in [0, 0.1) is 0 Å². The maximum absolute atomic E-state index is 12.1. The second kappa shape index (κ2) is 6.67. The van der Waals surface area contributed by atoms with Gasteiger partial charge in [0.15, 0.2) is 5.75 Å². The largest absolute Gasteiger partial charge is 0.417 e. The summed E-state index contributed by atoms with van der Waals surface area (Å²) >= 11 is 17.7. The first kappa shape index (κ1) is 15.9. The molecule has 0 atom stereocenters. The normalized spacial score (nSPS) is 10.6. The maximum atomic E-state index is 12.1. The van der Waals surface area contributed by atoms with Crippen LogP contribution in [0.15, 0.2) is 54.6 Å². The molecule has 0 heterocycles. The zero-order valence-corrected chi connectivity index (χ0v) is 13.9. The van der Waals surface area contributed by atoms with E-state index < -0.39 is 6.09 Å². The predicted molar refractivity (Wildman–Crippen MR) is 95.1 cm³/mol. The Morgan fingerprint density at radius 3 is 2.39 bits per heavy atom. The summed E-state index contributed by atoms with van der Waals surface area (Å²) in [5.74, 6) is 0.138. The van der Waals surface area contributed by atoms with Gasteiger partial charge in [-0.25, -0.2) is 4.79 Å². The first-order valence-corrected chi connectivity index (χ1v) is 7.79. The monoisotopic (exact) mass is 365 g/mol. The fourth-order valence-electron chi connectivity index (χ4n) is 2.15. The van der Waals surface area contributed by atoms with Crippen LogP contribution in [-0.2, 0) is 0 Å². The average molecular weight is 367 g/mol. The van der Waals surface area contributed by atoms with Crippen LogP contribution in [0.25, 0.3) is 10.8 Å². The van der Waals surface area contributed by atoms with Gasteiger partial charge in [0.25, 0.3) is 0 Å². The smallest absolute Gasteiger partial charge is 0.408 e. The number of carbonyl (C=O) groups excluding carboxylic acids is 1. The van der Waals surface area contributed by atoms with Crippen molar-refractivity contribution >= 4 is 57.4 Å². The van der Waals surface area contributed by atoms with E-state index in [0.29, 0.717) is 10.7 Å². The molecule has 0 saturated carbocycles. The van der Waals surface area contributed by atoms with Crippen molar-refractivity contribution in [3.8, 4) is 5.75 Å². The molecule has 0 aliphatic rings.